The average molecular weight is 402 g/mol. The third kappa shape index (κ3) is 3.96. The molecule has 8 heteroatoms. The molecule has 0 spiro atoms. The fraction of sp³-hybridized carbons (Fsp3) is 0.316. The lowest BCUT2D eigenvalue weighted by molar-refractivity contribution is -0.121. The lowest BCUT2D eigenvalue weighted by Gasteiger charge is -2.30. The summed E-state index contributed by atoms with van der Waals surface area (Å²) in [6.07, 6.45) is 2.77. The molecule has 1 fully saturated rings. The largest absolute Gasteiger partial charge is 0.459 e. The van der Waals surface area contributed by atoms with E-state index in [4.69, 9.17) is 4.42 Å². The third-order valence-corrected chi connectivity index (χ3v) is 6.39. The van der Waals surface area contributed by atoms with Gasteiger partial charge in [-0.3, -0.25) is 9.59 Å². The highest BCUT2D eigenvalue weighted by Crippen LogP contribution is 2.31. The van der Waals surface area contributed by atoms with Crippen LogP contribution >= 0.6 is 22.7 Å². The van der Waals surface area contributed by atoms with Gasteiger partial charge in [-0.1, -0.05) is 0 Å². The van der Waals surface area contributed by atoms with Crippen LogP contribution in [0.4, 0.5) is 5.13 Å². The van der Waals surface area contributed by atoms with Gasteiger partial charge in [0.15, 0.2) is 10.9 Å². The van der Waals surface area contributed by atoms with Crippen LogP contribution in [-0.4, -0.2) is 34.8 Å². The van der Waals surface area contributed by atoms with Crippen LogP contribution in [0.25, 0.3) is 10.6 Å². The van der Waals surface area contributed by atoms with E-state index < -0.39 is 0 Å². The summed E-state index contributed by atoms with van der Waals surface area (Å²) < 4.78 is 5.17. The van der Waals surface area contributed by atoms with Crippen molar-refractivity contribution >= 4 is 39.6 Å². The molecule has 4 heterocycles. The summed E-state index contributed by atoms with van der Waals surface area (Å²) in [5.41, 5.74) is 0.896. The van der Waals surface area contributed by atoms with Crippen molar-refractivity contribution in [2.24, 2.45) is 5.92 Å². The zero-order chi connectivity index (χ0) is 18.8. The molecule has 6 nitrogen and oxygen atoms in total. The summed E-state index contributed by atoms with van der Waals surface area (Å²) in [4.78, 5) is 33.5. The van der Waals surface area contributed by atoms with Gasteiger partial charge < -0.3 is 14.6 Å². The number of aryl methyl sites for hydroxylation is 1. The highest BCUT2D eigenvalue weighted by atomic mass is 32.1. The number of likely N-dealkylation sites (tertiary alicyclic amines) is 1. The Bertz CT molecular complexity index is 937. The number of carbonyl (C=O) groups is 2. The van der Waals surface area contributed by atoms with Crippen LogP contribution in [0.5, 0.6) is 0 Å². The Labute approximate surface area is 164 Å². The molecule has 27 heavy (non-hydrogen) atoms. The van der Waals surface area contributed by atoms with Gasteiger partial charge in [0.2, 0.25) is 5.91 Å². The number of thiophene rings is 1. The first-order chi connectivity index (χ1) is 13.1. The number of nitrogens with zero attached hydrogens (tertiary/aromatic N) is 2. The molecule has 2 amide bonds. The van der Waals surface area contributed by atoms with Crippen molar-refractivity contribution in [3.63, 3.8) is 0 Å². The number of amides is 2. The predicted octanol–water partition coefficient (Wildman–Crippen LogP) is 4.26. The number of carbonyl (C=O) groups excluding carboxylic acids is 2. The van der Waals surface area contributed by atoms with E-state index in [0.29, 0.717) is 36.8 Å². The van der Waals surface area contributed by atoms with E-state index in [1.165, 1.54) is 22.5 Å². The molecule has 1 aliphatic rings. The second kappa shape index (κ2) is 7.66. The summed E-state index contributed by atoms with van der Waals surface area (Å²) in [6, 6.07) is 7.48. The van der Waals surface area contributed by atoms with Gasteiger partial charge in [0.25, 0.3) is 5.91 Å². The van der Waals surface area contributed by atoms with Gasteiger partial charge in [0.1, 0.15) is 0 Å². The van der Waals surface area contributed by atoms with Gasteiger partial charge in [0.05, 0.1) is 16.8 Å². The fourth-order valence-electron chi connectivity index (χ4n) is 3.12. The van der Waals surface area contributed by atoms with E-state index in [1.54, 1.807) is 28.4 Å². The van der Waals surface area contributed by atoms with Gasteiger partial charge in [-0.25, -0.2) is 4.98 Å². The van der Waals surface area contributed by atoms with E-state index in [0.717, 1.165) is 10.6 Å². The number of hydrogen-bond acceptors (Lipinski definition) is 6. The van der Waals surface area contributed by atoms with E-state index in [-0.39, 0.29) is 17.7 Å². The number of rotatable bonds is 4. The second-order valence-electron chi connectivity index (χ2n) is 6.48. The van der Waals surface area contributed by atoms with Crippen molar-refractivity contribution in [1.82, 2.24) is 9.88 Å². The Kier molecular flexibility index (Phi) is 5.09. The Balaban J connectivity index is 1.32. The minimum Gasteiger partial charge on any atom is -0.459 e. The maximum absolute atomic E-state index is 12.6. The number of piperidine rings is 1. The molecular formula is C19H19N3O3S2. The second-order valence-corrected chi connectivity index (χ2v) is 8.63. The highest BCUT2D eigenvalue weighted by Gasteiger charge is 2.29. The van der Waals surface area contributed by atoms with Crippen LogP contribution in [0.3, 0.4) is 0 Å². The summed E-state index contributed by atoms with van der Waals surface area (Å²) >= 11 is 3.13. The topological polar surface area (TPSA) is 75.4 Å². The molecule has 4 rings (SSSR count). The fourth-order valence-corrected chi connectivity index (χ4v) is 4.74. The minimum atomic E-state index is -0.116. The molecule has 3 aromatic rings. The minimum absolute atomic E-state index is 0.0247. The first-order valence-corrected chi connectivity index (χ1v) is 10.5. The number of anilines is 1. The first-order valence-electron chi connectivity index (χ1n) is 8.76. The zero-order valence-electron chi connectivity index (χ0n) is 14.8. The van der Waals surface area contributed by atoms with E-state index in [9.17, 15) is 9.59 Å². The Morgan fingerprint density at radius 3 is 2.74 bits per heavy atom. The van der Waals surface area contributed by atoms with Crippen LogP contribution in [0, 0.1) is 12.8 Å². The Morgan fingerprint density at radius 2 is 2.07 bits per heavy atom. The van der Waals surface area contributed by atoms with Crippen LogP contribution in [0.1, 0.15) is 28.3 Å². The molecule has 0 radical (unpaired) electrons. The quantitative estimate of drug-likeness (QED) is 0.709. The molecule has 0 aromatic carbocycles. The normalized spacial score (nSPS) is 15.1. The van der Waals surface area contributed by atoms with E-state index in [2.05, 4.69) is 23.3 Å². The van der Waals surface area contributed by atoms with Crippen molar-refractivity contribution in [3.8, 4) is 10.6 Å². The Morgan fingerprint density at radius 1 is 1.26 bits per heavy atom. The molecule has 0 saturated carbocycles. The monoisotopic (exact) mass is 401 g/mol. The van der Waals surface area contributed by atoms with Gasteiger partial charge in [-0.2, -0.15) is 0 Å². The smallest absolute Gasteiger partial charge is 0.289 e. The molecule has 0 unspecified atom stereocenters. The molecule has 1 aliphatic heterocycles. The van der Waals surface area contributed by atoms with Gasteiger partial charge in [-0.05, 0) is 44.0 Å². The summed E-state index contributed by atoms with van der Waals surface area (Å²) in [5.74, 6) is 0.0945. The van der Waals surface area contributed by atoms with Crippen molar-refractivity contribution < 1.29 is 14.0 Å². The average Bonchev–Trinajstić information content (AvgIpc) is 3.43. The maximum atomic E-state index is 12.6. The van der Waals surface area contributed by atoms with Crippen LogP contribution in [0.15, 0.2) is 40.3 Å². The molecule has 140 valence electrons. The molecule has 0 atom stereocenters. The SMILES string of the molecule is Cc1ccc(-c2csc(NC(=O)C3CCN(C(=O)c4ccco4)CC3)n2)s1. The lowest BCUT2D eigenvalue weighted by atomic mass is 9.96. The van der Waals surface area contributed by atoms with Crippen LogP contribution in [0.2, 0.25) is 0 Å². The molecule has 1 N–H and O–H groups in total. The standard InChI is InChI=1S/C19H19N3O3S2/c1-12-4-5-16(27-12)14-11-26-19(20-14)21-17(23)13-6-8-22(9-7-13)18(24)15-3-2-10-25-15/h2-5,10-11,13H,6-9H2,1H3,(H,20,21,23). The Hall–Kier alpha value is -2.45. The number of aromatic nitrogens is 1. The van der Waals surface area contributed by atoms with Crippen molar-refractivity contribution in [2.45, 2.75) is 19.8 Å². The predicted molar refractivity (Wildman–Crippen MR) is 106 cm³/mol. The van der Waals surface area contributed by atoms with Crippen molar-refractivity contribution in [2.75, 3.05) is 18.4 Å². The molecule has 0 bridgehead atoms. The molecular weight excluding hydrogens is 382 g/mol. The lowest BCUT2D eigenvalue weighted by Crippen LogP contribution is -2.41. The number of nitrogens with one attached hydrogen (secondary N) is 1. The zero-order valence-corrected chi connectivity index (χ0v) is 16.4. The van der Waals surface area contributed by atoms with Gasteiger partial charge in [-0.15, -0.1) is 22.7 Å². The van der Waals surface area contributed by atoms with Crippen molar-refractivity contribution in [1.29, 1.82) is 0 Å². The van der Waals surface area contributed by atoms with Gasteiger partial charge >= 0.3 is 0 Å². The van der Waals surface area contributed by atoms with Gasteiger partial charge in [0, 0.05) is 29.3 Å². The summed E-state index contributed by atoms with van der Waals surface area (Å²) in [6.45, 7) is 3.16. The van der Waals surface area contributed by atoms with E-state index in [1.807, 2.05) is 11.4 Å². The van der Waals surface area contributed by atoms with Crippen molar-refractivity contribution in [3.05, 3.63) is 46.5 Å². The van der Waals surface area contributed by atoms with E-state index >= 15 is 0 Å². The molecule has 0 aliphatic carbocycles. The maximum Gasteiger partial charge on any atom is 0.289 e. The number of thiazole rings is 1. The number of hydrogen-bond donors (Lipinski definition) is 1. The molecule has 1 saturated heterocycles. The highest BCUT2D eigenvalue weighted by molar-refractivity contribution is 7.17. The summed E-state index contributed by atoms with van der Waals surface area (Å²) in [5, 5.41) is 5.52. The summed E-state index contributed by atoms with van der Waals surface area (Å²) in [7, 11) is 0. The molecule has 3 aromatic heterocycles. The number of furan rings is 1. The third-order valence-electron chi connectivity index (χ3n) is 4.61. The first kappa shape index (κ1) is 17.9. The van der Waals surface area contributed by atoms with Crippen LogP contribution < -0.4 is 5.32 Å². The van der Waals surface area contributed by atoms with Crippen LogP contribution in [-0.2, 0) is 4.79 Å².